The van der Waals surface area contributed by atoms with Gasteiger partial charge >= 0.3 is 6.03 Å². The van der Waals surface area contributed by atoms with Crippen LogP contribution in [-0.4, -0.2) is 93.0 Å². The van der Waals surface area contributed by atoms with Crippen molar-refractivity contribution in [2.24, 2.45) is 0 Å². The van der Waals surface area contributed by atoms with Gasteiger partial charge in [-0.2, -0.15) is 0 Å². The molecule has 5 rings (SSSR count). The highest BCUT2D eigenvalue weighted by Gasteiger charge is 2.54. The average molecular weight is 553 g/mol. The lowest BCUT2D eigenvalue weighted by Gasteiger charge is -2.27. The molecular formula is C28H32N4O8. The third kappa shape index (κ3) is 5.37. The Morgan fingerprint density at radius 3 is 2.58 bits per heavy atom. The molecular weight excluding hydrogens is 520 g/mol. The summed E-state index contributed by atoms with van der Waals surface area (Å²) in [6.45, 7) is 2.45. The van der Waals surface area contributed by atoms with E-state index >= 15 is 0 Å². The maximum Gasteiger partial charge on any atom is 0.325 e. The second-order valence-electron chi connectivity index (χ2n) is 9.53. The van der Waals surface area contributed by atoms with Gasteiger partial charge in [0.15, 0.2) is 5.54 Å². The Kier molecular flexibility index (Phi) is 8.29. The summed E-state index contributed by atoms with van der Waals surface area (Å²) in [5.41, 5.74) is 0.487. The van der Waals surface area contributed by atoms with E-state index in [9.17, 15) is 14.4 Å². The van der Waals surface area contributed by atoms with Gasteiger partial charge in [0, 0.05) is 50.0 Å². The Morgan fingerprint density at radius 2 is 1.80 bits per heavy atom. The number of furan rings is 1. The first-order chi connectivity index (χ1) is 19.5. The van der Waals surface area contributed by atoms with Crippen molar-refractivity contribution in [3.8, 4) is 5.75 Å². The third-order valence-electron chi connectivity index (χ3n) is 7.13. The monoisotopic (exact) mass is 552 g/mol. The SMILES string of the molecule is COCCOCCOCCN1C(=O)N[C@@](CCN2Cc3ccc(OC)cc3C2=O)(c2cc3cnccc3o2)C1=O. The molecule has 2 aromatic heterocycles. The van der Waals surface area contributed by atoms with Crippen LogP contribution < -0.4 is 10.1 Å². The molecule has 4 heterocycles. The molecule has 3 aromatic rings. The van der Waals surface area contributed by atoms with Crippen LogP contribution in [0.2, 0.25) is 0 Å². The summed E-state index contributed by atoms with van der Waals surface area (Å²) >= 11 is 0. The number of aromatic nitrogens is 1. The zero-order valence-electron chi connectivity index (χ0n) is 22.5. The van der Waals surface area contributed by atoms with Crippen molar-refractivity contribution in [2.75, 3.05) is 60.3 Å². The Hall–Kier alpha value is -4.00. The summed E-state index contributed by atoms with van der Waals surface area (Å²) in [6, 6.07) is 8.24. The summed E-state index contributed by atoms with van der Waals surface area (Å²) in [5.74, 6) is 0.261. The van der Waals surface area contributed by atoms with Crippen molar-refractivity contribution < 1.29 is 37.7 Å². The molecule has 1 N–H and O–H groups in total. The standard InChI is InChI=1S/C28H32N4O8/c1-36-11-12-39-14-13-38-10-9-32-26(34)28(30-27(32)35,24-15-20-17-29-7-5-23(20)40-24)6-8-31-18-19-3-4-21(37-2)16-22(19)25(31)33/h3-5,7,15-17H,6,8-14,18H2,1-2H3,(H,30,35)/t28-/m0/s1. The number of benzene rings is 1. The summed E-state index contributed by atoms with van der Waals surface area (Å²) in [6.07, 6.45) is 3.34. The van der Waals surface area contributed by atoms with E-state index in [4.69, 9.17) is 23.4 Å². The molecule has 0 saturated carbocycles. The van der Waals surface area contributed by atoms with Crippen molar-refractivity contribution in [3.05, 3.63) is 59.6 Å². The number of amides is 4. The summed E-state index contributed by atoms with van der Waals surface area (Å²) in [7, 11) is 3.15. The van der Waals surface area contributed by atoms with Crippen LogP contribution in [0.25, 0.3) is 11.0 Å². The lowest BCUT2D eigenvalue weighted by Crippen LogP contribution is -2.46. The molecule has 0 unspecified atom stereocenters. The van der Waals surface area contributed by atoms with Crippen molar-refractivity contribution in [1.82, 2.24) is 20.1 Å². The zero-order valence-corrected chi connectivity index (χ0v) is 22.5. The minimum atomic E-state index is -1.49. The fourth-order valence-electron chi connectivity index (χ4n) is 4.95. The molecule has 0 spiro atoms. The normalized spacial score (nSPS) is 18.6. The number of hydrogen-bond donors (Lipinski definition) is 1. The fourth-order valence-corrected chi connectivity index (χ4v) is 4.95. The minimum absolute atomic E-state index is 0.0557. The van der Waals surface area contributed by atoms with Gasteiger partial charge in [-0.1, -0.05) is 6.07 Å². The van der Waals surface area contributed by atoms with Gasteiger partial charge in [0.2, 0.25) is 0 Å². The highest BCUT2D eigenvalue weighted by atomic mass is 16.5. The van der Waals surface area contributed by atoms with Gasteiger partial charge in [-0.05, 0) is 29.8 Å². The summed E-state index contributed by atoms with van der Waals surface area (Å²) in [4.78, 5) is 47.1. The molecule has 0 radical (unpaired) electrons. The number of fused-ring (bicyclic) bond motifs is 2. The van der Waals surface area contributed by atoms with Gasteiger partial charge in [0.1, 0.15) is 17.1 Å². The van der Waals surface area contributed by atoms with Crippen molar-refractivity contribution in [2.45, 2.75) is 18.5 Å². The molecule has 1 aromatic carbocycles. The Bertz CT molecular complexity index is 1360. The van der Waals surface area contributed by atoms with Gasteiger partial charge in [0.25, 0.3) is 11.8 Å². The van der Waals surface area contributed by atoms with Crippen LogP contribution in [0.1, 0.15) is 28.1 Å². The summed E-state index contributed by atoms with van der Waals surface area (Å²) < 4.78 is 27.2. The maximum atomic E-state index is 13.9. The molecule has 40 heavy (non-hydrogen) atoms. The lowest BCUT2D eigenvalue weighted by atomic mass is 9.91. The predicted octanol–water partition coefficient (Wildman–Crippen LogP) is 2.31. The number of hydrogen-bond acceptors (Lipinski definition) is 9. The van der Waals surface area contributed by atoms with Crippen LogP contribution >= 0.6 is 0 Å². The maximum absolute atomic E-state index is 13.9. The van der Waals surface area contributed by atoms with Crippen LogP contribution in [0.5, 0.6) is 5.75 Å². The van der Waals surface area contributed by atoms with E-state index < -0.39 is 17.5 Å². The molecule has 212 valence electrons. The van der Waals surface area contributed by atoms with Gasteiger partial charge in [-0.25, -0.2) is 4.79 Å². The van der Waals surface area contributed by atoms with Crippen molar-refractivity contribution >= 4 is 28.8 Å². The molecule has 1 fully saturated rings. The van der Waals surface area contributed by atoms with Gasteiger partial charge in [0.05, 0.1) is 46.7 Å². The van der Waals surface area contributed by atoms with E-state index in [0.29, 0.717) is 55.3 Å². The van der Waals surface area contributed by atoms with Crippen LogP contribution in [0.4, 0.5) is 4.79 Å². The number of imide groups is 1. The summed E-state index contributed by atoms with van der Waals surface area (Å²) in [5, 5.41) is 3.57. The Morgan fingerprint density at radius 1 is 1.00 bits per heavy atom. The second-order valence-corrected chi connectivity index (χ2v) is 9.53. The quantitative estimate of drug-likeness (QED) is 0.236. The van der Waals surface area contributed by atoms with Crippen LogP contribution in [0.3, 0.4) is 0 Å². The molecule has 1 atom stereocenters. The average Bonchev–Trinajstić information content (AvgIpc) is 3.61. The van der Waals surface area contributed by atoms with E-state index in [1.54, 1.807) is 49.7 Å². The second kappa shape index (κ2) is 12.0. The van der Waals surface area contributed by atoms with Gasteiger partial charge < -0.3 is 33.6 Å². The fraction of sp³-hybridized carbons (Fsp3) is 0.429. The molecule has 2 aliphatic rings. The molecule has 12 heteroatoms. The van der Waals surface area contributed by atoms with Gasteiger partial charge in [-0.3, -0.25) is 19.5 Å². The molecule has 12 nitrogen and oxygen atoms in total. The number of rotatable bonds is 14. The molecule has 1 saturated heterocycles. The van der Waals surface area contributed by atoms with E-state index in [1.165, 1.54) is 0 Å². The number of methoxy groups -OCH3 is 2. The van der Waals surface area contributed by atoms with E-state index in [1.807, 2.05) is 12.1 Å². The number of carbonyl (C=O) groups excluding carboxylic acids is 3. The molecule has 2 aliphatic heterocycles. The van der Waals surface area contributed by atoms with Crippen LogP contribution in [-0.2, 0) is 31.1 Å². The molecule has 0 aliphatic carbocycles. The zero-order chi connectivity index (χ0) is 28.1. The molecule has 0 bridgehead atoms. The van der Waals surface area contributed by atoms with Crippen molar-refractivity contribution in [3.63, 3.8) is 0 Å². The van der Waals surface area contributed by atoms with E-state index in [2.05, 4.69) is 10.3 Å². The lowest BCUT2D eigenvalue weighted by molar-refractivity contribution is -0.133. The van der Waals surface area contributed by atoms with Crippen molar-refractivity contribution in [1.29, 1.82) is 0 Å². The van der Waals surface area contributed by atoms with Crippen LogP contribution in [0.15, 0.2) is 47.1 Å². The van der Waals surface area contributed by atoms with Crippen LogP contribution in [0, 0.1) is 0 Å². The number of ether oxygens (including phenoxy) is 4. The topological polar surface area (TPSA) is 133 Å². The number of carbonyl (C=O) groups is 3. The smallest absolute Gasteiger partial charge is 0.325 e. The Labute approximate surface area is 231 Å². The highest BCUT2D eigenvalue weighted by Crippen LogP contribution is 2.37. The highest BCUT2D eigenvalue weighted by molar-refractivity contribution is 6.07. The van der Waals surface area contributed by atoms with E-state index in [-0.39, 0.29) is 37.8 Å². The number of urea groups is 1. The number of pyridine rings is 1. The number of nitrogens with one attached hydrogen (secondary N) is 1. The first-order valence-corrected chi connectivity index (χ1v) is 13.1. The molecule has 4 amide bonds. The Balaban J connectivity index is 1.31. The van der Waals surface area contributed by atoms with E-state index in [0.717, 1.165) is 10.5 Å². The minimum Gasteiger partial charge on any atom is -0.497 e. The largest absolute Gasteiger partial charge is 0.497 e. The van der Waals surface area contributed by atoms with Gasteiger partial charge in [-0.15, -0.1) is 0 Å². The predicted molar refractivity (Wildman–Crippen MR) is 142 cm³/mol. The first kappa shape index (κ1) is 27.6. The number of nitrogens with zero attached hydrogens (tertiary/aromatic N) is 3. The third-order valence-corrected chi connectivity index (χ3v) is 7.13. The first-order valence-electron chi connectivity index (χ1n) is 13.1.